The first-order valence-electron chi connectivity index (χ1n) is 6.73. The molecular weight excluding hydrogens is 309 g/mol. The summed E-state index contributed by atoms with van der Waals surface area (Å²) in [7, 11) is 0. The number of anilines is 1. The van der Waals surface area contributed by atoms with E-state index in [2.05, 4.69) is 5.32 Å². The first kappa shape index (κ1) is 15.8. The Bertz CT molecular complexity index is 617. The summed E-state index contributed by atoms with van der Waals surface area (Å²) in [5.41, 5.74) is 1.58. The zero-order chi connectivity index (χ0) is 15.2. The number of phenols is 1. The van der Waals surface area contributed by atoms with Gasteiger partial charge in [-0.15, -0.1) is 0 Å². The lowest BCUT2D eigenvalue weighted by atomic mass is 10.2. The molecule has 0 heterocycles. The number of phenolic OH excluding ortho intramolecular Hbond substituents is 1. The molecule has 3 nitrogen and oxygen atoms in total. The molecule has 21 heavy (non-hydrogen) atoms. The Morgan fingerprint density at radius 2 is 1.95 bits per heavy atom. The molecular formula is C16H17Cl2NO2. The maximum Gasteiger partial charge on any atom is 0.138 e. The maximum atomic E-state index is 9.76. The number of aromatic hydroxyl groups is 1. The number of hydrogen-bond acceptors (Lipinski definition) is 3. The third-order valence-electron chi connectivity index (χ3n) is 2.92. The average Bonchev–Trinajstić information content (AvgIpc) is 2.47. The van der Waals surface area contributed by atoms with Gasteiger partial charge in [0.2, 0.25) is 0 Å². The van der Waals surface area contributed by atoms with Crippen molar-refractivity contribution in [2.24, 2.45) is 0 Å². The second kappa shape index (κ2) is 7.43. The molecule has 5 heteroatoms. The van der Waals surface area contributed by atoms with Gasteiger partial charge >= 0.3 is 0 Å². The van der Waals surface area contributed by atoms with E-state index in [9.17, 15) is 5.11 Å². The highest BCUT2D eigenvalue weighted by Crippen LogP contribution is 2.29. The van der Waals surface area contributed by atoms with Gasteiger partial charge in [0.15, 0.2) is 0 Å². The lowest BCUT2D eigenvalue weighted by Crippen LogP contribution is -2.01. The van der Waals surface area contributed by atoms with Crippen LogP contribution in [-0.2, 0) is 6.54 Å². The van der Waals surface area contributed by atoms with Gasteiger partial charge in [0.1, 0.15) is 11.5 Å². The summed E-state index contributed by atoms with van der Waals surface area (Å²) in [5, 5.41) is 14.1. The van der Waals surface area contributed by atoms with Crippen molar-refractivity contribution in [3.05, 3.63) is 52.0 Å². The normalized spacial score (nSPS) is 10.4. The van der Waals surface area contributed by atoms with Crippen molar-refractivity contribution in [2.45, 2.75) is 19.9 Å². The fourth-order valence-electron chi connectivity index (χ4n) is 1.83. The minimum atomic E-state index is 0.209. The lowest BCUT2D eigenvalue weighted by molar-refractivity contribution is 0.317. The van der Waals surface area contributed by atoms with Crippen molar-refractivity contribution >= 4 is 28.9 Å². The number of nitrogens with one attached hydrogen (secondary N) is 1. The lowest BCUT2D eigenvalue weighted by Gasteiger charge is -2.11. The van der Waals surface area contributed by atoms with Crippen molar-refractivity contribution in [1.29, 1.82) is 0 Å². The molecule has 0 aromatic heterocycles. The maximum absolute atomic E-state index is 9.76. The van der Waals surface area contributed by atoms with E-state index in [0.29, 0.717) is 28.9 Å². The first-order valence-corrected chi connectivity index (χ1v) is 7.49. The fourth-order valence-corrected chi connectivity index (χ4v) is 2.26. The van der Waals surface area contributed by atoms with Gasteiger partial charge in [-0.2, -0.15) is 0 Å². The first-order chi connectivity index (χ1) is 10.1. The predicted octanol–water partition coefficient (Wildman–Crippen LogP) is 5.10. The number of halogens is 2. The smallest absolute Gasteiger partial charge is 0.138 e. The minimum absolute atomic E-state index is 0.209. The Hall–Kier alpha value is -1.58. The van der Waals surface area contributed by atoms with Crippen molar-refractivity contribution in [3.63, 3.8) is 0 Å². The van der Waals surface area contributed by atoms with E-state index in [4.69, 9.17) is 27.9 Å². The van der Waals surface area contributed by atoms with Crippen LogP contribution in [0.2, 0.25) is 10.0 Å². The van der Waals surface area contributed by atoms with E-state index in [1.54, 1.807) is 24.3 Å². The molecule has 0 spiro atoms. The summed E-state index contributed by atoms with van der Waals surface area (Å²) in [6.07, 6.45) is 0.935. The summed E-state index contributed by atoms with van der Waals surface area (Å²) < 4.78 is 5.52. The number of benzene rings is 2. The Morgan fingerprint density at radius 1 is 1.14 bits per heavy atom. The Kier molecular flexibility index (Phi) is 5.59. The molecule has 0 unspecified atom stereocenters. The van der Waals surface area contributed by atoms with Crippen LogP contribution in [0.4, 0.5) is 5.69 Å². The van der Waals surface area contributed by atoms with E-state index in [1.807, 2.05) is 19.1 Å². The van der Waals surface area contributed by atoms with Crippen LogP contribution in [0.25, 0.3) is 0 Å². The molecule has 112 valence electrons. The second-order valence-corrected chi connectivity index (χ2v) is 5.46. The van der Waals surface area contributed by atoms with E-state index < -0.39 is 0 Å². The van der Waals surface area contributed by atoms with Gasteiger partial charge < -0.3 is 15.2 Å². The monoisotopic (exact) mass is 325 g/mol. The van der Waals surface area contributed by atoms with Crippen LogP contribution in [0.5, 0.6) is 11.5 Å². The minimum Gasteiger partial charge on any atom is -0.508 e. The molecule has 0 bridgehead atoms. The highest BCUT2D eigenvalue weighted by Gasteiger charge is 2.05. The summed E-state index contributed by atoms with van der Waals surface area (Å²) in [4.78, 5) is 0. The molecule has 0 amide bonds. The zero-order valence-electron chi connectivity index (χ0n) is 11.7. The molecule has 0 aliphatic rings. The summed E-state index contributed by atoms with van der Waals surface area (Å²) in [6.45, 7) is 3.14. The van der Waals surface area contributed by atoms with Crippen LogP contribution in [0.3, 0.4) is 0 Å². The number of rotatable bonds is 6. The molecule has 2 aromatic rings. The van der Waals surface area contributed by atoms with Crippen LogP contribution in [0.15, 0.2) is 36.4 Å². The van der Waals surface area contributed by atoms with Gasteiger partial charge in [-0.05, 0) is 42.8 Å². The summed E-state index contributed by atoms with van der Waals surface area (Å²) in [5.74, 6) is 0.885. The molecule has 0 atom stereocenters. The molecule has 0 saturated heterocycles. The van der Waals surface area contributed by atoms with Crippen molar-refractivity contribution in [2.75, 3.05) is 11.9 Å². The summed E-state index contributed by atoms with van der Waals surface area (Å²) in [6, 6.07) is 10.5. The molecule has 2 aromatic carbocycles. The zero-order valence-corrected chi connectivity index (χ0v) is 13.2. The Labute approximate surface area is 134 Å². The topological polar surface area (TPSA) is 41.5 Å². The Morgan fingerprint density at radius 3 is 2.67 bits per heavy atom. The van der Waals surface area contributed by atoms with Gasteiger partial charge in [0.25, 0.3) is 0 Å². The number of hydrogen-bond donors (Lipinski definition) is 2. The molecule has 2 N–H and O–H groups in total. The largest absolute Gasteiger partial charge is 0.508 e. The van der Waals surface area contributed by atoms with Gasteiger partial charge in [0.05, 0.1) is 11.6 Å². The van der Waals surface area contributed by atoms with Crippen LogP contribution in [0.1, 0.15) is 18.9 Å². The second-order valence-electron chi connectivity index (χ2n) is 4.62. The van der Waals surface area contributed by atoms with Gasteiger partial charge in [-0.3, -0.25) is 0 Å². The highest BCUT2D eigenvalue weighted by molar-refractivity contribution is 6.32. The molecule has 0 radical (unpaired) electrons. The predicted molar refractivity (Wildman–Crippen MR) is 87.7 cm³/mol. The quantitative estimate of drug-likeness (QED) is 0.776. The van der Waals surface area contributed by atoms with Crippen molar-refractivity contribution in [1.82, 2.24) is 0 Å². The molecule has 0 aliphatic heterocycles. The van der Waals surface area contributed by atoms with E-state index in [0.717, 1.165) is 17.7 Å². The van der Waals surface area contributed by atoms with Crippen LogP contribution in [-0.4, -0.2) is 11.7 Å². The molecule has 0 saturated carbocycles. The molecule has 0 aliphatic carbocycles. The van der Waals surface area contributed by atoms with Crippen molar-refractivity contribution < 1.29 is 9.84 Å². The van der Waals surface area contributed by atoms with E-state index in [-0.39, 0.29) is 5.75 Å². The average molecular weight is 326 g/mol. The third-order valence-corrected chi connectivity index (χ3v) is 3.45. The van der Waals surface area contributed by atoms with Gasteiger partial charge in [0, 0.05) is 22.8 Å². The SMILES string of the molecule is CCCOc1ccc(NCc2cc(Cl)ccc2O)cc1Cl. The van der Waals surface area contributed by atoms with Crippen LogP contribution < -0.4 is 10.1 Å². The summed E-state index contributed by atoms with van der Waals surface area (Å²) >= 11 is 12.1. The molecule has 2 rings (SSSR count). The Balaban J connectivity index is 2.03. The fraction of sp³-hybridized carbons (Fsp3) is 0.250. The van der Waals surface area contributed by atoms with Gasteiger partial charge in [-0.25, -0.2) is 0 Å². The standard InChI is InChI=1S/C16H17Cl2NO2/c1-2-7-21-16-6-4-13(9-14(16)18)19-10-11-8-12(17)3-5-15(11)20/h3-6,8-9,19-20H,2,7,10H2,1H3. The van der Waals surface area contributed by atoms with Crippen molar-refractivity contribution in [3.8, 4) is 11.5 Å². The van der Waals surface area contributed by atoms with Crippen LogP contribution in [0, 0.1) is 0 Å². The van der Waals surface area contributed by atoms with Gasteiger partial charge in [-0.1, -0.05) is 30.1 Å². The molecule has 0 fully saturated rings. The van der Waals surface area contributed by atoms with Crippen LogP contribution >= 0.6 is 23.2 Å². The van der Waals surface area contributed by atoms with E-state index in [1.165, 1.54) is 0 Å². The van der Waals surface area contributed by atoms with E-state index >= 15 is 0 Å². The highest BCUT2D eigenvalue weighted by atomic mass is 35.5. The number of ether oxygens (including phenoxy) is 1. The third kappa shape index (κ3) is 4.45.